The summed E-state index contributed by atoms with van der Waals surface area (Å²) in [6.45, 7) is 5.36. The van der Waals surface area contributed by atoms with Crippen molar-refractivity contribution >= 4 is 21.7 Å². The molecular formula is C18H25N4O5S+. The van der Waals surface area contributed by atoms with Crippen LogP contribution in [-0.2, 0) is 14.8 Å². The zero-order chi connectivity index (χ0) is 20.3. The predicted molar refractivity (Wildman–Crippen MR) is 102 cm³/mol. The van der Waals surface area contributed by atoms with Gasteiger partial charge in [0, 0.05) is 6.07 Å². The number of sulfonamides is 1. The van der Waals surface area contributed by atoms with Gasteiger partial charge in [-0.1, -0.05) is 5.16 Å². The zero-order valence-electron chi connectivity index (χ0n) is 16.1. The number of amides is 1. The highest BCUT2D eigenvalue weighted by atomic mass is 32.2. The first kappa shape index (κ1) is 20.3. The molecule has 0 bridgehead atoms. The van der Waals surface area contributed by atoms with Gasteiger partial charge in [-0.25, -0.2) is 8.42 Å². The average Bonchev–Trinajstić information content (AvgIpc) is 3.12. The van der Waals surface area contributed by atoms with Gasteiger partial charge in [0.25, 0.3) is 5.91 Å². The Kier molecular flexibility index (Phi) is 6.01. The first-order valence-electron chi connectivity index (χ1n) is 9.04. The van der Waals surface area contributed by atoms with Crippen LogP contribution in [0.3, 0.4) is 0 Å². The third kappa shape index (κ3) is 4.34. The van der Waals surface area contributed by atoms with E-state index in [1.165, 1.54) is 11.4 Å². The van der Waals surface area contributed by atoms with Crippen LogP contribution in [0.5, 0.6) is 5.75 Å². The SMILES string of the molecule is COc1ccc(S(=O)(=O)N2CC[NH+]([C@@H](C)C(=O)Nc3cc(C)on3)CC2)cc1. The fourth-order valence-electron chi connectivity index (χ4n) is 3.19. The maximum Gasteiger partial charge on any atom is 0.283 e. The highest BCUT2D eigenvalue weighted by molar-refractivity contribution is 7.89. The molecule has 1 aliphatic rings. The Hall–Kier alpha value is -2.43. The fourth-order valence-corrected chi connectivity index (χ4v) is 4.63. The molecule has 3 rings (SSSR count). The van der Waals surface area contributed by atoms with E-state index in [1.54, 1.807) is 37.3 Å². The maximum atomic E-state index is 12.8. The summed E-state index contributed by atoms with van der Waals surface area (Å²) < 4.78 is 37.1. The van der Waals surface area contributed by atoms with Crippen molar-refractivity contribution in [3.63, 3.8) is 0 Å². The van der Waals surface area contributed by atoms with Crippen LogP contribution in [-0.4, -0.2) is 63.1 Å². The van der Waals surface area contributed by atoms with E-state index in [9.17, 15) is 13.2 Å². The number of benzene rings is 1. The van der Waals surface area contributed by atoms with Gasteiger partial charge in [-0.2, -0.15) is 4.31 Å². The van der Waals surface area contributed by atoms with Gasteiger partial charge in [-0.05, 0) is 38.1 Å². The summed E-state index contributed by atoms with van der Waals surface area (Å²) >= 11 is 0. The van der Waals surface area contributed by atoms with Crippen LogP contribution in [0.25, 0.3) is 0 Å². The number of quaternary nitrogens is 1. The third-order valence-electron chi connectivity index (χ3n) is 4.95. The van der Waals surface area contributed by atoms with Crippen molar-refractivity contribution in [1.29, 1.82) is 0 Å². The summed E-state index contributed by atoms with van der Waals surface area (Å²) in [7, 11) is -2.03. The van der Waals surface area contributed by atoms with Crippen molar-refractivity contribution in [3.05, 3.63) is 36.1 Å². The lowest BCUT2D eigenvalue weighted by molar-refractivity contribution is -0.917. The Morgan fingerprint density at radius 2 is 1.93 bits per heavy atom. The Morgan fingerprint density at radius 3 is 2.46 bits per heavy atom. The summed E-state index contributed by atoms with van der Waals surface area (Å²) in [6, 6.07) is 7.67. The second-order valence-electron chi connectivity index (χ2n) is 6.77. The second-order valence-corrected chi connectivity index (χ2v) is 8.71. The standard InChI is InChI=1S/C18H24N4O5S/c1-13-12-17(20-27-13)19-18(23)14(2)21-8-10-22(11-9-21)28(24,25)16-6-4-15(26-3)5-7-16/h4-7,12,14H,8-11H2,1-3H3,(H,19,20,23)/p+1/t14-/m0/s1. The molecule has 1 aliphatic heterocycles. The van der Waals surface area contributed by atoms with E-state index in [2.05, 4.69) is 10.5 Å². The summed E-state index contributed by atoms with van der Waals surface area (Å²) in [5.74, 6) is 1.44. The van der Waals surface area contributed by atoms with Crippen molar-refractivity contribution in [1.82, 2.24) is 9.46 Å². The van der Waals surface area contributed by atoms with Crippen LogP contribution < -0.4 is 15.0 Å². The van der Waals surface area contributed by atoms with Crippen LogP contribution >= 0.6 is 0 Å². The molecule has 10 heteroatoms. The van der Waals surface area contributed by atoms with Crippen LogP contribution in [0.2, 0.25) is 0 Å². The van der Waals surface area contributed by atoms with E-state index in [-0.39, 0.29) is 16.8 Å². The van der Waals surface area contributed by atoms with E-state index in [0.29, 0.717) is 43.5 Å². The van der Waals surface area contributed by atoms with Crippen LogP contribution in [0.1, 0.15) is 12.7 Å². The number of aryl methyl sites for hydroxylation is 1. The Labute approximate surface area is 164 Å². The maximum absolute atomic E-state index is 12.8. The summed E-state index contributed by atoms with van der Waals surface area (Å²) in [4.78, 5) is 13.7. The number of methoxy groups -OCH3 is 1. The minimum atomic E-state index is -3.56. The van der Waals surface area contributed by atoms with Crippen LogP contribution in [0.4, 0.5) is 5.82 Å². The largest absolute Gasteiger partial charge is 0.497 e. The number of carbonyl (C=O) groups is 1. The quantitative estimate of drug-likeness (QED) is 0.691. The average molecular weight is 409 g/mol. The van der Waals surface area contributed by atoms with Gasteiger partial charge in [0.1, 0.15) is 11.5 Å². The van der Waals surface area contributed by atoms with E-state index in [0.717, 1.165) is 4.90 Å². The number of nitrogens with zero attached hydrogens (tertiary/aromatic N) is 2. The molecule has 2 heterocycles. The van der Waals surface area contributed by atoms with E-state index >= 15 is 0 Å². The smallest absolute Gasteiger partial charge is 0.283 e. The molecule has 1 amide bonds. The minimum Gasteiger partial charge on any atom is -0.497 e. The Bertz CT molecular complexity index is 918. The van der Waals surface area contributed by atoms with Crippen molar-refractivity contribution in [2.75, 3.05) is 38.6 Å². The first-order valence-corrected chi connectivity index (χ1v) is 10.5. The summed E-state index contributed by atoms with van der Waals surface area (Å²) in [6.07, 6.45) is 0. The first-order chi connectivity index (χ1) is 13.3. The summed E-state index contributed by atoms with van der Waals surface area (Å²) in [5, 5.41) is 6.49. The zero-order valence-corrected chi connectivity index (χ0v) is 17.0. The Morgan fingerprint density at radius 1 is 1.29 bits per heavy atom. The van der Waals surface area contributed by atoms with Gasteiger partial charge in [0.05, 0.1) is 38.2 Å². The number of anilines is 1. The van der Waals surface area contributed by atoms with Gasteiger partial charge in [-0.3, -0.25) is 4.79 Å². The molecule has 0 unspecified atom stereocenters. The predicted octanol–water partition coefficient (Wildman–Crippen LogP) is -0.0920. The molecule has 1 aromatic carbocycles. The van der Waals surface area contributed by atoms with E-state index in [4.69, 9.17) is 9.26 Å². The number of hydrogen-bond acceptors (Lipinski definition) is 6. The monoisotopic (exact) mass is 409 g/mol. The molecule has 1 aromatic heterocycles. The van der Waals surface area contributed by atoms with E-state index in [1.807, 2.05) is 6.92 Å². The lowest BCUT2D eigenvalue weighted by atomic mass is 10.2. The topological polar surface area (TPSA) is 106 Å². The summed E-state index contributed by atoms with van der Waals surface area (Å²) in [5.41, 5.74) is 0. The van der Waals surface area contributed by atoms with Crippen molar-refractivity contribution in [2.45, 2.75) is 24.8 Å². The lowest BCUT2D eigenvalue weighted by Gasteiger charge is -2.34. The number of ether oxygens (including phenoxy) is 1. The van der Waals surface area contributed by atoms with Gasteiger partial charge in [0.2, 0.25) is 10.0 Å². The van der Waals surface area contributed by atoms with Crippen molar-refractivity contribution < 1.29 is 27.4 Å². The number of carbonyl (C=O) groups excluding carboxylic acids is 1. The molecule has 0 radical (unpaired) electrons. The van der Waals surface area contributed by atoms with Crippen LogP contribution in [0, 0.1) is 6.92 Å². The Balaban J connectivity index is 1.59. The molecule has 1 atom stereocenters. The van der Waals surface area contributed by atoms with Gasteiger partial charge < -0.3 is 19.5 Å². The minimum absolute atomic E-state index is 0.172. The van der Waals surface area contributed by atoms with Gasteiger partial charge in [0.15, 0.2) is 11.9 Å². The molecule has 0 saturated carbocycles. The molecule has 0 aliphatic carbocycles. The molecule has 2 aromatic rings. The van der Waals surface area contributed by atoms with Gasteiger partial charge >= 0.3 is 0 Å². The molecule has 152 valence electrons. The number of hydrogen-bond donors (Lipinski definition) is 2. The molecule has 2 N–H and O–H groups in total. The van der Waals surface area contributed by atoms with Crippen molar-refractivity contribution in [2.24, 2.45) is 0 Å². The molecule has 0 spiro atoms. The number of aromatic nitrogens is 1. The molecule has 9 nitrogen and oxygen atoms in total. The second kappa shape index (κ2) is 8.29. The molecule has 1 saturated heterocycles. The highest BCUT2D eigenvalue weighted by Gasteiger charge is 2.34. The molecule has 28 heavy (non-hydrogen) atoms. The number of nitrogens with one attached hydrogen (secondary N) is 2. The van der Waals surface area contributed by atoms with Gasteiger partial charge in [-0.15, -0.1) is 0 Å². The lowest BCUT2D eigenvalue weighted by Crippen LogP contribution is -3.19. The number of piperazine rings is 1. The fraction of sp³-hybridized carbons (Fsp3) is 0.444. The van der Waals surface area contributed by atoms with E-state index < -0.39 is 10.0 Å². The third-order valence-corrected chi connectivity index (χ3v) is 6.86. The normalized spacial score (nSPS) is 17.2. The highest BCUT2D eigenvalue weighted by Crippen LogP contribution is 2.19. The number of rotatable bonds is 6. The molecule has 1 fully saturated rings. The van der Waals surface area contributed by atoms with Crippen molar-refractivity contribution in [3.8, 4) is 5.75 Å². The molecular weight excluding hydrogens is 384 g/mol. The van der Waals surface area contributed by atoms with Crippen LogP contribution in [0.15, 0.2) is 39.8 Å².